The largest absolute Gasteiger partial charge is 0.489 e. The molecule has 2 aromatic carbocycles. The van der Waals surface area contributed by atoms with Crippen LogP contribution in [-0.2, 0) is 6.61 Å². The van der Waals surface area contributed by atoms with Crippen molar-refractivity contribution in [1.29, 1.82) is 0 Å². The molecular weight excluding hydrogens is 260 g/mol. The highest BCUT2D eigenvalue weighted by Gasteiger charge is 2.07. The second-order valence-electron chi connectivity index (χ2n) is 4.50. The number of furan rings is 1. The SMILES string of the molecule is Cc1ccc(OCc2coc3ccc(Cl)cc23)cc1. The molecule has 0 aliphatic carbocycles. The fourth-order valence-corrected chi connectivity index (χ4v) is 2.13. The molecule has 0 spiro atoms. The Hall–Kier alpha value is -1.93. The first kappa shape index (κ1) is 12.1. The summed E-state index contributed by atoms with van der Waals surface area (Å²) >= 11 is 6.00. The van der Waals surface area contributed by atoms with Gasteiger partial charge in [0.2, 0.25) is 0 Å². The van der Waals surface area contributed by atoms with Crippen LogP contribution in [0, 0.1) is 6.92 Å². The standard InChI is InChI=1S/C16H13ClO2/c1-11-2-5-14(6-3-11)18-9-12-10-19-16-7-4-13(17)8-15(12)16/h2-8,10H,9H2,1H3. The molecular formula is C16H13ClO2. The zero-order valence-electron chi connectivity index (χ0n) is 10.5. The van der Waals surface area contributed by atoms with Crippen molar-refractivity contribution in [3.8, 4) is 5.75 Å². The molecule has 0 aliphatic rings. The number of halogens is 1. The van der Waals surface area contributed by atoms with E-state index in [1.54, 1.807) is 6.26 Å². The van der Waals surface area contributed by atoms with E-state index >= 15 is 0 Å². The van der Waals surface area contributed by atoms with Gasteiger partial charge in [-0.2, -0.15) is 0 Å². The van der Waals surface area contributed by atoms with Gasteiger partial charge in [-0.3, -0.25) is 0 Å². The van der Waals surface area contributed by atoms with Gasteiger partial charge in [-0.05, 0) is 37.3 Å². The fraction of sp³-hybridized carbons (Fsp3) is 0.125. The third-order valence-electron chi connectivity index (χ3n) is 3.03. The number of aryl methyl sites for hydroxylation is 1. The minimum absolute atomic E-state index is 0.469. The van der Waals surface area contributed by atoms with E-state index in [1.807, 2.05) is 42.5 Å². The van der Waals surface area contributed by atoms with Crippen LogP contribution in [0.5, 0.6) is 5.75 Å². The van der Waals surface area contributed by atoms with Crippen molar-refractivity contribution in [2.75, 3.05) is 0 Å². The third-order valence-corrected chi connectivity index (χ3v) is 3.27. The van der Waals surface area contributed by atoms with Gasteiger partial charge in [-0.1, -0.05) is 29.3 Å². The molecule has 96 valence electrons. The van der Waals surface area contributed by atoms with Crippen LogP contribution in [0.25, 0.3) is 11.0 Å². The summed E-state index contributed by atoms with van der Waals surface area (Å²) in [5.41, 5.74) is 3.04. The predicted octanol–water partition coefficient (Wildman–Crippen LogP) is 4.97. The first-order valence-electron chi connectivity index (χ1n) is 6.07. The summed E-state index contributed by atoms with van der Waals surface area (Å²) < 4.78 is 11.2. The second-order valence-corrected chi connectivity index (χ2v) is 4.94. The maximum absolute atomic E-state index is 6.00. The lowest BCUT2D eigenvalue weighted by Gasteiger charge is -2.05. The zero-order chi connectivity index (χ0) is 13.2. The molecule has 0 saturated heterocycles. The van der Waals surface area contributed by atoms with Gasteiger partial charge in [0.1, 0.15) is 17.9 Å². The molecule has 3 rings (SSSR count). The Morgan fingerprint density at radius 1 is 1.11 bits per heavy atom. The minimum atomic E-state index is 0.469. The lowest BCUT2D eigenvalue weighted by molar-refractivity contribution is 0.306. The van der Waals surface area contributed by atoms with Gasteiger partial charge in [0.05, 0.1) is 6.26 Å². The van der Waals surface area contributed by atoms with Gasteiger partial charge in [0, 0.05) is 16.0 Å². The van der Waals surface area contributed by atoms with Crippen LogP contribution in [0.2, 0.25) is 5.02 Å². The smallest absolute Gasteiger partial charge is 0.134 e. The van der Waals surface area contributed by atoms with E-state index < -0.39 is 0 Å². The predicted molar refractivity (Wildman–Crippen MR) is 76.7 cm³/mol. The number of fused-ring (bicyclic) bond motifs is 1. The highest BCUT2D eigenvalue weighted by molar-refractivity contribution is 6.31. The molecule has 0 saturated carbocycles. The summed E-state index contributed by atoms with van der Waals surface area (Å²) in [6.45, 7) is 2.52. The van der Waals surface area contributed by atoms with Gasteiger partial charge in [0.25, 0.3) is 0 Å². The van der Waals surface area contributed by atoms with Crippen LogP contribution < -0.4 is 4.74 Å². The number of hydrogen-bond acceptors (Lipinski definition) is 2. The lowest BCUT2D eigenvalue weighted by Crippen LogP contribution is -1.94. The number of hydrogen-bond donors (Lipinski definition) is 0. The van der Waals surface area contributed by atoms with E-state index in [1.165, 1.54) is 5.56 Å². The van der Waals surface area contributed by atoms with Crippen molar-refractivity contribution in [3.05, 3.63) is 64.9 Å². The molecule has 1 aromatic heterocycles. The van der Waals surface area contributed by atoms with Crippen molar-refractivity contribution >= 4 is 22.6 Å². The second kappa shape index (κ2) is 4.98. The van der Waals surface area contributed by atoms with Crippen LogP contribution in [0.1, 0.15) is 11.1 Å². The quantitative estimate of drug-likeness (QED) is 0.671. The lowest BCUT2D eigenvalue weighted by atomic mass is 10.2. The minimum Gasteiger partial charge on any atom is -0.489 e. The van der Waals surface area contributed by atoms with Crippen LogP contribution in [0.15, 0.2) is 53.1 Å². The van der Waals surface area contributed by atoms with Crippen molar-refractivity contribution in [1.82, 2.24) is 0 Å². The summed E-state index contributed by atoms with van der Waals surface area (Å²) in [5.74, 6) is 0.849. The normalized spacial score (nSPS) is 10.8. The molecule has 0 atom stereocenters. The molecule has 0 bridgehead atoms. The first-order chi connectivity index (χ1) is 9.22. The third kappa shape index (κ3) is 2.59. The average molecular weight is 273 g/mol. The zero-order valence-corrected chi connectivity index (χ0v) is 11.3. The van der Waals surface area contributed by atoms with Crippen molar-refractivity contribution in [2.45, 2.75) is 13.5 Å². The molecule has 3 heteroatoms. The Bertz CT molecular complexity index is 698. The van der Waals surface area contributed by atoms with Gasteiger partial charge in [0.15, 0.2) is 0 Å². The molecule has 0 unspecified atom stereocenters. The van der Waals surface area contributed by atoms with Crippen LogP contribution in [0.3, 0.4) is 0 Å². The summed E-state index contributed by atoms with van der Waals surface area (Å²) in [6.07, 6.45) is 1.72. The van der Waals surface area contributed by atoms with E-state index in [9.17, 15) is 0 Å². The number of benzene rings is 2. The van der Waals surface area contributed by atoms with Crippen LogP contribution in [0.4, 0.5) is 0 Å². The first-order valence-corrected chi connectivity index (χ1v) is 6.45. The Morgan fingerprint density at radius 2 is 1.89 bits per heavy atom. The van der Waals surface area contributed by atoms with E-state index in [4.69, 9.17) is 20.8 Å². The fourth-order valence-electron chi connectivity index (χ4n) is 1.96. The van der Waals surface area contributed by atoms with E-state index in [0.29, 0.717) is 11.6 Å². The maximum Gasteiger partial charge on any atom is 0.134 e. The van der Waals surface area contributed by atoms with Gasteiger partial charge < -0.3 is 9.15 Å². The highest BCUT2D eigenvalue weighted by Crippen LogP contribution is 2.25. The summed E-state index contributed by atoms with van der Waals surface area (Å²) in [6, 6.07) is 13.6. The molecule has 1 heterocycles. The van der Waals surface area contributed by atoms with E-state index in [2.05, 4.69) is 6.92 Å². The summed E-state index contributed by atoms with van der Waals surface area (Å²) in [7, 11) is 0. The summed E-state index contributed by atoms with van der Waals surface area (Å²) in [4.78, 5) is 0. The Balaban J connectivity index is 1.81. The Morgan fingerprint density at radius 3 is 2.68 bits per heavy atom. The molecule has 0 fully saturated rings. The molecule has 0 aliphatic heterocycles. The van der Waals surface area contributed by atoms with Gasteiger partial charge in [-0.15, -0.1) is 0 Å². The molecule has 3 aromatic rings. The molecule has 0 N–H and O–H groups in total. The molecule has 2 nitrogen and oxygen atoms in total. The number of rotatable bonds is 3. The van der Waals surface area contributed by atoms with E-state index in [-0.39, 0.29) is 0 Å². The van der Waals surface area contributed by atoms with Crippen LogP contribution in [-0.4, -0.2) is 0 Å². The van der Waals surface area contributed by atoms with Gasteiger partial charge in [-0.25, -0.2) is 0 Å². The van der Waals surface area contributed by atoms with E-state index in [0.717, 1.165) is 22.3 Å². The molecule has 0 amide bonds. The topological polar surface area (TPSA) is 22.4 Å². The average Bonchev–Trinajstić information content (AvgIpc) is 2.80. The number of ether oxygens (including phenoxy) is 1. The van der Waals surface area contributed by atoms with Crippen LogP contribution >= 0.6 is 11.6 Å². The van der Waals surface area contributed by atoms with Crippen molar-refractivity contribution in [2.24, 2.45) is 0 Å². The van der Waals surface area contributed by atoms with Gasteiger partial charge >= 0.3 is 0 Å². The Labute approximate surface area is 116 Å². The summed E-state index contributed by atoms with van der Waals surface area (Å²) in [5, 5.41) is 1.70. The highest BCUT2D eigenvalue weighted by atomic mass is 35.5. The molecule has 19 heavy (non-hydrogen) atoms. The molecule has 0 radical (unpaired) electrons. The van der Waals surface area contributed by atoms with Crippen molar-refractivity contribution < 1.29 is 9.15 Å². The Kier molecular flexibility index (Phi) is 3.18. The monoisotopic (exact) mass is 272 g/mol. The maximum atomic E-state index is 6.00. The van der Waals surface area contributed by atoms with Crippen molar-refractivity contribution in [3.63, 3.8) is 0 Å².